The van der Waals surface area contributed by atoms with Gasteiger partial charge in [-0.05, 0) is 12.5 Å². The van der Waals surface area contributed by atoms with Gasteiger partial charge in [0.05, 0.1) is 11.6 Å². The molecule has 1 heterocycles. The van der Waals surface area contributed by atoms with Gasteiger partial charge in [0.25, 0.3) is 0 Å². The average Bonchev–Trinajstić information content (AvgIpc) is 2.28. The summed E-state index contributed by atoms with van der Waals surface area (Å²) in [7, 11) is 1.67. The molecule has 2 nitrogen and oxygen atoms in total. The fourth-order valence-corrected chi connectivity index (χ4v) is 2.66. The fraction of sp³-hybridized carbons (Fsp3) is 0.417. The summed E-state index contributed by atoms with van der Waals surface area (Å²) in [5.41, 5.74) is 1.63. The van der Waals surface area contributed by atoms with Gasteiger partial charge in [0.15, 0.2) is 0 Å². The van der Waals surface area contributed by atoms with E-state index in [1.54, 1.807) is 31.3 Å². The maximum Gasteiger partial charge on any atom is 0.406 e. The van der Waals surface area contributed by atoms with Crippen molar-refractivity contribution in [3.8, 4) is 0 Å². The van der Waals surface area contributed by atoms with Crippen LogP contribution in [0, 0.1) is 6.92 Å². The van der Waals surface area contributed by atoms with Crippen LogP contribution >= 0.6 is 11.8 Å². The molecule has 1 aliphatic heterocycles. The van der Waals surface area contributed by atoms with E-state index >= 15 is 0 Å². The summed E-state index contributed by atoms with van der Waals surface area (Å²) in [5, 5.41) is 4.02. The van der Waals surface area contributed by atoms with Gasteiger partial charge in [-0.1, -0.05) is 29.8 Å². The molecular weight excluding hydrogens is 261 g/mol. The van der Waals surface area contributed by atoms with Crippen molar-refractivity contribution < 1.29 is 13.2 Å². The van der Waals surface area contributed by atoms with E-state index < -0.39 is 11.4 Å². The highest BCUT2D eigenvalue weighted by Crippen LogP contribution is 2.36. The summed E-state index contributed by atoms with van der Waals surface area (Å²) in [6, 6.07) is 6.97. The molecule has 1 atom stereocenters. The summed E-state index contributed by atoms with van der Waals surface area (Å²) < 4.78 is 38.9. The minimum absolute atomic E-state index is 0.0845. The monoisotopic (exact) mass is 274 g/mol. The molecule has 98 valence electrons. The number of thioether (sulfide) groups is 1. The second kappa shape index (κ2) is 4.84. The highest BCUT2D eigenvalue weighted by Gasteiger charge is 2.45. The standard InChI is InChI=1S/C12H13F3N2S/c1-8-3-5-9(6-4-8)10-11(12(13,14)15)18-7-17(2)16-10/h3-6,11H,7H2,1-2H3. The van der Waals surface area contributed by atoms with E-state index in [9.17, 15) is 13.2 Å². The molecule has 1 unspecified atom stereocenters. The minimum Gasteiger partial charge on any atom is -0.290 e. The van der Waals surface area contributed by atoms with E-state index in [-0.39, 0.29) is 11.6 Å². The van der Waals surface area contributed by atoms with Crippen molar-refractivity contribution >= 4 is 17.5 Å². The summed E-state index contributed by atoms with van der Waals surface area (Å²) in [6.07, 6.45) is -4.27. The second-order valence-corrected chi connectivity index (χ2v) is 5.29. The van der Waals surface area contributed by atoms with Crippen molar-refractivity contribution in [2.24, 2.45) is 5.10 Å². The Balaban J connectivity index is 2.40. The molecule has 18 heavy (non-hydrogen) atoms. The maximum absolute atomic E-state index is 13.0. The highest BCUT2D eigenvalue weighted by molar-refractivity contribution is 8.00. The fourth-order valence-electron chi connectivity index (χ4n) is 1.71. The summed E-state index contributed by atoms with van der Waals surface area (Å²) in [4.78, 5) is 0. The number of benzene rings is 1. The topological polar surface area (TPSA) is 15.6 Å². The van der Waals surface area contributed by atoms with E-state index in [1.807, 2.05) is 6.92 Å². The van der Waals surface area contributed by atoms with Crippen molar-refractivity contribution in [1.29, 1.82) is 0 Å². The average molecular weight is 274 g/mol. The van der Waals surface area contributed by atoms with Gasteiger partial charge in [-0.15, -0.1) is 11.8 Å². The van der Waals surface area contributed by atoms with Crippen molar-refractivity contribution in [2.75, 3.05) is 12.9 Å². The van der Waals surface area contributed by atoms with Crippen molar-refractivity contribution in [3.05, 3.63) is 35.4 Å². The van der Waals surface area contributed by atoms with E-state index in [2.05, 4.69) is 5.10 Å². The van der Waals surface area contributed by atoms with Crippen molar-refractivity contribution in [1.82, 2.24) is 5.01 Å². The third kappa shape index (κ3) is 2.80. The molecule has 2 rings (SSSR count). The Kier molecular flexibility index (Phi) is 3.56. The van der Waals surface area contributed by atoms with Crippen LogP contribution in [0.15, 0.2) is 29.4 Å². The first-order valence-electron chi connectivity index (χ1n) is 5.43. The number of alkyl halides is 3. The Bertz CT molecular complexity index is 453. The Labute approximate surface area is 108 Å². The van der Waals surface area contributed by atoms with E-state index in [0.717, 1.165) is 17.3 Å². The quantitative estimate of drug-likeness (QED) is 0.781. The molecule has 0 saturated carbocycles. The van der Waals surface area contributed by atoms with Crippen LogP contribution < -0.4 is 0 Å². The second-order valence-electron chi connectivity index (χ2n) is 4.23. The SMILES string of the molecule is Cc1ccc(C2=NN(C)CSC2C(F)(F)F)cc1. The van der Waals surface area contributed by atoms with Crippen LogP contribution in [0.4, 0.5) is 13.2 Å². The molecule has 0 fully saturated rings. The van der Waals surface area contributed by atoms with Crippen LogP contribution in [-0.2, 0) is 0 Å². The Hall–Kier alpha value is -1.17. The third-order valence-electron chi connectivity index (χ3n) is 2.60. The lowest BCUT2D eigenvalue weighted by Gasteiger charge is -2.29. The lowest BCUT2D eigenvalue weighted by molar-refractivity contribution is -0.116. The predicted octanol–water partition coefficient (Wildman–Crippen LogP) is 3.27. The summed E-state index contributed by atoms with van der Waals surface area (Å²) in [5.74, 6) is 0.250. The molecule has 0 aliphatic carbocycles. The third-order valence-corrected chi connectivity index (χ3v) is 3.95. The van der Waals surface area contributed by atoms with Gasteiger partial charge < -0.3 is 0 Å². The van der Waals surface area contributed by atoms with E-state index in [1.165, 1.54) is 5.01 Å². The normalized spacial score (nSPS) is 20.8. The molecule has 1 aromatic carbocycles. The summed E-state index contributed by atoms with van der Waals surface area (Å²) >= 11 is 0.856. The first-order valence-corrected chi connectivity index (χ1v) is 6.48. The molecule has 0 N–H and O–H groups in total. The largest absolute Gasteiger partial charge is 0.406 e. The molecule has 0 aromatic heterocycles. The number of halogens is 3. The van der Waals surface area contributed by atoms with E-state index in [0.29, 0.717) is 5.56 Å². The first kappa shape index (κ1) is 13.3. The van der Waals surface area contributed by atoms with Crippen LogP contribution in [0.2, 0.25) is 0 Å². The van der Waals surface area contributed by atoms with Gasteiger partial charge in [0.2, 0.25) is 0 Å². The number of hydrogen-bond acceptors (Lipinski definition) is 3. The molecule has 1 aromatic rings. The zero-order valence-electron chi connectivity index (χ0n) is 10.0. The van der Waals surface area contributed by atoms with Crippen LogP contribution in [-0.4, -0.2) is 35.1 Å². The van der Waals surface area contributed by atoms with Gasteiger partial charge >= 0.3 is 6.18 Å². The lowest BCUT2D eigenvalue weighted by Crippen LogP contribution is -2.40. The molecule has 0 spiro atoms. The molecule has 0 amide bonds. The molecule has 0 radical (unpaired) electrons. The first-order chi connectivity index (χ1) is 8.38. The number of hydrazone groups is 1. The number of nitrogens with zero attached hydrogens (tertiary/aromatic N) is 2. The minimum atomic E-state index is -4.27. The maximum atomic E-state index is 13.0. The number of rotatable bonds is 1. The molecule has 0 bridgehead atoms. The molecular formula is C12H13F3N2S. The van der Waals surface area contributed by atoms with Crippen LogP contribution in [0.5, 0.6) is 0 Å². The van der Waals surface area contributed by atoms with Crippen LogP contribution in [0.1, 0.15) is 11.1 Å². The highest BCUT2D eigenvalue weighted by atomic mass is 32.2. The van der Waals surface area contributed by atoms with E-state index in [4.69, 9.17) is 0 Å². The van der Waals surface area contributed by atoms with Crippen molar-refractivity contribution in [2.45, 2.75) is 18.3 Å². The Morgan fingerprint density at radius 1 is 1.28 bits per heavy atom. The number of hydrogen-bond donors (Lipinski definition) is 0. The smallest absolute Gasteiger partial charge is 0.290 e. The van der Waals surface area contributed by atoms with Crippen LogP contribution in [0.3, 0.4) is 0 Å². The zero-order valence-corrected chi connectivity index (χ0v) is 10.8. The van der Waals surface area contributed by atoms with Crippen molar-refractivity contribution in [3.63, 3.8) is 0 Å². The van der Waals surface area contributed by atoms with Gasteiger partial charge in [0.1, 0.15) is 5.25 Å². The summed E-state index contributed by atoms with van der Waals surface area (Å²) in [6.45, 7) is 1.90. The number of aryl methyl sites for hydroxylation is 1. The Morgan fingerprint density at radius 2 is 1.89 bits per heavy atom. The molecule has 1 aliphatic rings. The van der Waals surface area contributed by atoms with Gasteiger partial charge in [-0.2, -0.15) is 18.3 Å². The lowest BCUT2D eigenvalue weighted by atomic mass is 10.1. The molecule has 6 heteroatoms. The predicted molar refractivity (Wildman–Crippen MR) is 67.8 cm³/mol. The van der Waals surface area contributed by atoms with Gasteiger partial charge in [-0.3, -0.25) is 5.01 Å². The van der Waals surface area contributed by atoms with Gasteiger partial charge in [0, 0.05) is 7.05 Å². The Morgan fingerprint density at radius 3 is 2.44 bits per heavy atom. The van der Waals surface area contributed by atoms with Gasteiger partial charge in [-0.25, -0.2) is 0 Å². The van der Waals surface area contributed by atoms with Crippen LogP contribution in [0.25, 0.3) is 0 Å². The zero-order chi connectivity index (χ0) is 13.3. The molecule has 0 saturated heterocycles.